The van der Waals surface area contributed by atoms with E-state index >= 15 is 0 Å². The number of nitrogens with zero attached hydrogens (tertiary/aromatic N) is 1. The standard InChI is InChI=1S/C9H18N2O4S/c1-8-5-11(16(10,12)13)6-9(15-8)3-2-4-14-7-9/h8H,2-7H2,1H3,(H2,10,12,13). The highest BCUT2D eigenvalue weighted by atomic mass is 32.2. The fourth-order valence-corrected chi connectivity index (χ4v) is 3.25. The third-order valence-electron chi connectivity index (χ3n) is 3.02. The Hall–Kier alpha value is -0.210. The van der Waals surface area contributed by atoms with E-state index in [2.05, 4.69) is 0 Å². The van der Waals surface area contributed by atoms with Crippen LogP contribution in [-0.2, 0) is 19.7 Å². The highest BCUT2D eigenvalue weighted by Crippen LogP contribution is 2.30. The van der Waals surface area contributed by atoms with Crippen LogP contribution in [0.2, 0.25) is 0 Å². The first-order valence-electron chi connectivity index (χ1n) is 5.45. The second-order valence-corrected chi connectivity index (χ2v) is 6.15. The molecule has 2 aliphatic rings. The fourth-order valence-electron chi connectivity index (χ4n) is 2.41. The Kier molecular flexibility index (Phi) is 3.24. The minimum atomic E-state index is -3.64. The van der Waals surface area contributed by atoms with Gasteiger partial charge in [-0.2, -0.15) is 12.7 Å². The number of hydrogen-bond acceptors (Lipinski definition) is 4. The molecule has 0 aliphatic carbocycles. The Balaban J connectivity index is 2.16. The minimum absolute atomic E-state index is 0.145. The van der Waals surface area contributed by atoms with Crippen molar-refractivity contribution in [1.29, 1.82) is 0 Å². The van der Waals surface area contributed by atoms with Crippen LogP contribution in [0.1, 0.15) is 19.8 Å². The van der Waals surface area contributed by atoms with Gasteiger partial charge in [0.15, 0.2) is 0 Å². The molecule has 2 unspecified atom stereocenters. The summed E-state index contributed by atoms with van der Waals surface area (Å²) in [6, 6.07) is 0. The lowest BCUT2D eigenvalue weighted by molar-refractivity contribution is -0.183. The highest BCUT2D eigenvalue weighted by molar-refractivity contribution is 7.86. The predicted molar refractivity (Wildman–Crippen MR) is 58.0 cm³/mol. The van der Waals surface area contributed by atoms with Crippen molar-refractivity contribution in [1.82, 2.24) is 4.31 Å². The van der Waals surface area contributed by atoms with Crippen molar-refractivity contribution in [2.75, 3.05) is 26.3 Å². The van der Waals surface area contributed by atoms with E-state index in [0.29, 0.717) is 19.7 Å². The van der Waals surface area contributed by atoms with Gasteiger partial charge >= 0.3 is 0 Å². The van der Waals surface area contributed by atoms with E-state index in [1.165, 1.54) is 4.31 Å². The number of hydrogen-bond donors (Lipinski definition) is 1. The molecule has 0 amide bonds. The van der Waals surface area contributed by atoms with Crippen LogP contribution in [0.25, 0.3) is 0 Å². The Labute approximate surface area is 95.9 Å². The molecule has 0 aromatic heterocycles. The zero-order chi connectivity index (χ0) is 11.8. The van der Waals surface area contributed by atoms with Crippen molar-refractivity contribution in [3.05, 3.63) is 0 Å². The van der Waals surface area contributed by atoms with Crippen LogP contribution in [0.15, 0.2) is 0 Å². The Morgan fingerprint density at radius 2 is 2.25 bits per heavy atom. The Morgan fingerprint density at radius 1 is 1.50 bits per heavy atom. The van der Waals surface area contributed by atoms with Gasteiger partial charge in [0.1, 0.15) is 5.60 Å². The van der Waals surface area contributed by atoms with E-state index in [-0.39, 0.29) is 6.10 Å². The quantitative estimate of drug-likeness (QED) is 0.677. The topological polar surface area (TPSA) is 81.9 Å². The van der Waals surface area contributed by atoms with Crippen LogP contribution in [0.3, 0.4) is 0 Å². The predicted octanol–water partition coefficient (Wildman–Crippen LogP) is -0.540. The third kappa shape index (κ3) is 2.54. The smallest absolute Gasteiger partial charge is 0.277 e. The molecule has 2 saturated heterocycles. The molecule has 0 radical (unpaired) electrons. The van der Waals surface area contributed by atoms with Crippen LogP contribution in [0.5, 0.6) is 0 Å². The normalized spacial score (nSPS) is 37.8. The number of rotatable bonds is 1. The van der Waals surface area contributed by atoms with Crippen LogP contribution in [0.4, 0.5) is 0 Å². The molecule has 94 valence electrons. The van der Waals surface area contributed by atoms with Crippen LogP contribution < -0.4 is 5.14 Å². The summed E-state index contributed by atoms with van der Waals surface area (Å²) in [7, 11) is -3.64. The minimum Gasteiger partial charge on any atom is -0.378 e. The van der Waals surface area contributed by atoms with Gasteiger partial charge in [0.05, 0.1) is 12.7 Å². The maximum atomic E-state index is 11.4. The lowest BCUT2D eigenvalue weighted by Gasteiger charge is -2.46. The summed E-state index contributed by atoms with van der Waals surface area (Å²) in [4.78, 5) is 0. The maximum Gasteiger partial charge on any atom is 0.277 e. The first-order valence-corrected chi connectivity index (χ1v) is 6.95. The van der Waals surface area contributed by atoms with Gasteiger partial charge in [-0.05, 0) is 19.8 Å². The van der Waals surface area contributed by atoms with Crippen LogP contribution in [0, 0.1) is 0 Å². The largest absolute Gasteiger partial charge is 0.378 e. The summed E-state index contributed by atoms with van der Waals surface area (Å²) in [5.74, 6) is 0. The van der Waals surface area contributed by atoms with Crippen molar-refractivity contribution in [3.63, 3.8) is 0 Å². The maximum absolute atomic E-state index is 11.4. The molecule has 2 atom stereocenters. The van der Waals surface area contributed by atoms with Crippen molar-refractivity contribution >= 4 is 10.2 Å². The number of nitrogens with two attached hydrogens (primary N) is 1. The molecule has 2 heterocycles. The second kappa shape index (κ2) is 4.23. The molecule has 2 fully saturated rings. The Morgan fingerprint density at radius 3 is 2.81 bits per heavy atom. The monoisotopic (exact) mass is 250 g/mol. The zero-order valence-corrected chi connectivity index (χ0v) is 10.2. The van der Waals surface area contributed by atoms with Gasteiger partial charge in [-0.1, -0.05) is 0 Å². The molecule has 16 heavy (non-hydrogen) atoms. The number of ether oxygens (including phenoxy) is 2. The summed E-state index contributed by atoms with van der Waals surface area (Å²) < 4.78 is 35.3. The van der Waals surface area contributed by atoms with E-state index in [4.69, 9.17) is 14.6 Å². The lowest BCUT2D eigenvalue weighted by Crippen LogP contribution is -2.60. The molecule has 2 N–H and O–H groups in total. The average molecular weight is 250 g/mol. The van der Waals surface area contributed by atoms with Gasteiger partial charge in [-0.25, -0.2) is 5.14 Å². The van der Waals surface area contributed by atoms with Crippen molar-refractivity contribution in [3.8, 4) is 0 Å². The summed E-state index contributed by atoms with van der Waals surface area (Å²) in [5, 5.41) is 5.16. The first-order chi connectivity index (χ1) is 7.41. The molecule has 0 saturated carbocycles. The van der Waals surface area contributed by atoms with E-state index < -0.39 is 15.8 Å². The third-order valence-corrected chi connectivity index (χ3v) is 4.02. The van der Waals surface area contributed by atoms with Crippen LogP contribution in [-0.4, -0.2) is 50.7 Å². The zero-order valence-electron chi connectivity index (χ0n) is 9.39. The first kappa shape index (κ1) is 12.3. The van der Waals surface area contributed by atoms with E-state index in [1.54, 1.807) is 0 Å². The summed E-state index contributed by atoms with van der Waals surface area (Å²) in [5.41, 5.74) is -0.498. The van der Waals surface area contributed by atoms with E-state index in [1.807, 2.05) is 6.92 Å². The van der Waals surface area contributed by atoms with Gasteiger partial charge in [-0.3, -0.25) is 0 Å². The molecule has 1 spiro atoms. The highest BCUT2D eigenvalue weighted by Gasteiger charge is 2.43. The van der Waals surface area contributed by atoms with Crippen molar-refractivity contribution in [2.24, 2.45) is 5.14 Å². The molecule has 6 nitrogen and oxygen atoms in total. The second-order valence-electron chi connectivity index (χ2n) is 4.61. The molecule has 0 aromatic carbocycles. The van der Waals surface area contributed by atoms with Gasteiger partial charge in [0.2, 0.25) is 0 Å². The summed E-state index contributed by atoms with van der Waals surface area (Å²) >= 11 is 0. The summed E-state index contributed by atoms with van der Waals surface area (Å²) in [6.45, 7) is 3.64. The van der Waals surface area contributed by atoms with Gasteiger partial charge < -0.3 is 9.47 Å². The summed E-state index contributed by atoms with van der Waals surface area (Å²) in [6.07, 6.45) is 1.57. The van der Waals surface area contributed by atoms with Crippen LogP contribution >= 0.6 is 0 Å². The van der Waals surface area contributed by atoms with Crippen molar-refractivity contribution in [2.45, 2.75) is 31.5 Å². The van der Waals surface area contributed by atoms with Gasteiger partial charge in [-0.15, -0.1) is 0 Å². The van der Waals surface area contributed by atoms with E-state index in [0.717, 1.165) is 19.4 Å². The molecule has 7 heteroatoms. The molecule has 2 rings (SSSR count). The van der Waals surface area contributed by atoms with Gasteiger partial charge in [0.25, 0.3) is 10.2 Å². The molecule has 2 aliphatic heterocycles. The molecule has 0 bridgehead atoms. The van der Waals surface area contributed by atoms with Gasteiger partial charge in [0, 0.05) is 19.7 Å². The molecular formula is C9H18N2O4S. The Bertz CT molecular complexity index is 351. The van der Waals surface area contributed by atoms with Crippen molar-refractivity contribution < 1.29 is 17.9 Å². The SMILES string of the molecule is CC1CN(S(N)(=O)=O)CC2(CCCOC2)O1. The average Bonchev–Trinajstić information content (AvgIpc) is 2.16. The number of morpholine rings is 1. The molecule has 0 aromatic rings. The lowest BCUT2D eigenvalue weighted by atomic mass is 9.94. The fraction of sp³-hybridized carbons (Fsp3) is 1.00. The van der Waals surface area contributed by atoms with E-state index in [9.17, 15) is 8.42 Å². The molecular weight excluding hydrogens is 232 g/mol.